The van der Waals surface area contributed by atoms with E-state index in [4.69, 9.17) is 5.73 Å². The first kappa shape index (κ1) is 15.7. The lowest BCUT2D eigenvalue weighted by molar-refractivity contribution is -0.123. The lowest BCUT2D eigenvalue weighted by Gasteiger charge is -2.30. The maximum Gasteiger partial charge on any atom is 0.237 e. The third-order valence-electron chi connectivity index (χ3n) is 2.92. The van der Waals surface area contributed by atoms with Crippen LogP contribution in [-0.2, 0) is 4.79 Å². The van der Waals surface area contributed by atoms with Gasteiger partial charge < -0.3 is 16.2 Å². The van der Waals surface area contributed by atoms with Crippen LogP contribution in [0, 0.1) is 0 Å². The monoisotopic (exact) mass is 248 g/mol. The molecule has 0 bridgehead atoms. The van der Waals surface area contributed by atoms with Gasteiger partial charge in [-0.05, 0) is 27.3 Å². The zero-order valence-electron chi connectivity index (χ0n) is 10.8. The predicted octanol–water partition coefficient (Wildman–Crippen LogP) is 0.731. The van der Waals surface area contributed by atoms with Crippen molar-refractivity contribution < 1.29 is 9.90 Å². The average molecular weight is 248 g/mol. The Bertz CT molecular complexity index is 236. The molecule has 4 atom stereocenters. The molecule has 0 aliphatic heterocycles. The zero-order chi connectivity index (χ0) is 12.9. The maximum absolute atomic E-state index is 11.3. The summed E-state index contributed by atoms with van der Waals surface area (Å²) in [6, 6.07) is 0. The number of carbonyl (C=O) groups excluding carboxylic acids is 1. The molecule has 0 aliphatic carbocycles. The number of aliphatic hydroxyl groups excluding tert-OH is 1. The summed E-state index contributed by atoms with van der Waals surface area (Å²) >= 11 is 1.67. The number of primary amides is 1. The van der Waals surface area contributed by atoms with Gasteiger partial charge in [-0.2, -0.15) is 11.8 Å². The van der Waals surface area contributed by atoms with Crippen LogP contribution in [0.2, 0.25) is 0 Å². The fraction of sp³-hybridized carbons (Fsp3) is 0.909. The van der Waals surface area contributed by atoms with Gasteiger partial charge in [0.05, 0.1) is 11.6 Å². The Balaban J connectivity index is 4.32. The molecule has 16 heavy (non-hydrogen) atoms. The van der Waals surface area contributed by atoms with E-state index >= 15 is 0 Å². The summed E-state index contributed by atoms with van der Waals surface area (Å²) in [6.07, 6.45) is 0.308. The van der Waals surface area contributed by atoms with Crippen molar-refractivity contribution in [1.82, 2.24) is 5.32 Å². The molecular weight excluding hydrogens is 224 g/mol. The van der Waals surface area contributed by atoms with Crippen molar-refractivity contribution in [3.63, 3.8) is 0 Å². The van der Waals surface area contributed by atoms with Gasteiger partial charge in [-0.3, -0.25) is 4.79 Å². The van der Waals surface area contributed by atoms with E-state index in [0.717, 1.165) is 0 Å². The van der Waals surface area contributed by atoms with E-state index in [-0.39, 0.29) is 22.5 Å². The quantitative estimate of drug-likeness (QED) is 0.621. The number of nitrogens with one attached hydrogen (secondary N) is 1. The van der Waals surface area contributed by atoms with E-state index in [1.165, 1.54) is 0 Å². The third-order valence-corrected chi connectivity index (χ3v) is 4.37. The number of thioether (sulfide) groups is 1. The summed E-state index contributed by atoms with van der Waals surface area (Å²) in [6.45, 7) is 7.60. The molecule has 0 aliphatic rings. The molecule has 0 radical (unpaired) electrons. The second kappa shape index (κ2) is 6.47. The number of nitrogens with two attached hydrogens (primary N) is 1. The summed E-state index contributed by atoms with van der Waals surface area (Å²) in [4.78, 5) is 11.3. The van der Waals surface area contributed by atoms with Crippen LogP contribution in [0.4, 0.5) is 0 Å². The van der Waals surface area contributed by atoms with Crippen molar-refractivity contribution in [2.45, 2.75) is 56.3 Å². The van der Waals surface area contributed by atoms with Crippen LogP contribution in [0.1, 0.15) is 34.1 Å². The Hall–Kier alpha value is -0.260. The van der Waals surface area contributed by atoms with Crippen molar-refractivity contribution in [2.75, 3.05) is 7.05 Å². The van der Waals surface area contributed by atoms with Gasteiger partial charge in [0.15, 0.2) is 0 Å². The normalized spacial score (nSPS) is 20.9. The van der Waals surface area contributed by atoms with E-state index in [1.54, 1.807) is 32.7 Å². The average Bonchev–Trinajstić information content (AvgIpc) is 2.16. The van der Waals surface area contributed by atoms with Gasteiger partial charge in [0.2, 0.25) is 5.91 Å². The Morgan fingerprint density at radius 3 is 2.31 bits per heavy atom. The first-order valence-corrected chi connectivity index (χ1v) is 6.49. The number of amides is 1. The topological polar surface area (TPSA) is 75.3 Å². The number of carbonyl (C=O) groups is 1. The highest BCUT2D eigenvalue weighted by Crippen LogP contribution is 2.26. The highest BCUT2D eigenvalue weighted by Gasteiger charge is 2.31. The molecule has 1 amide bonds. The molecule has 0 heterocycles. The van der Waals surface area contributed by atoms with E-state index in [9.17, 15) is 9.90 Å². The molecule has 0 rings (SSSR count). The Labute approximate surface area is 102 Å². The standard InChI is InChI=1S/C11H24N2O2S/c1-7(16-9(3)8(2)14)6-11(4,13-5)10(12)15/h7-9,13-14H,6H2,1-5H3,(H2,12,15). The third kappa shape index (κ3) is 4.72. The van der Waals surface area contributed by atoms with Gasteiger partial charge in [-0.25, -0.2) is 0 Å². The molecule has 0 saturated heterocycles. The summed E-state index contributed by atoms with van der Waals surface area (Å²) in [5.41, 5.74) is 4.68. The molecule has 0 fully saturated rings. The van der Waals surface area contributed by atoms with Crippen LogP contribution in [0.5, 0.6) is 0 Å². The van der Waals surface area contributed by atoms with Crippen molar-refractivity contribution in [3.05, 3.63) is 0 Å². The summed E-state index contributed by atoms with van der Waals surface area (Å²) in [5.74, 6) is -0.341. The second-order valence-electron chi connectivity index (χ2n) is 4.54. The first-order chi connectivity index (χ1) is 7.23. The van der Waals surface area contributed by atoms with Crippen LogP contribution in [0.3, 0.4) is 0 Å². The van der Waals surface area contributed by atoms with Crippen molar-refractivity contribution in [2.24, 2.45) is 5.73 Å². The van der Waals surface area contributed by atoms with Crippen molar-refractivity contribution >= 4 is 17.7 Å². The Morgan fingerprint density at radius 1 is 1.50 bits per heavy atom. The van der Waals surface area contributed by atoms with E-state index in [2.05, 4.69) is 5.32 Å². The molecule has 4 N–H and O–H groups in total. The van der Waals surface area contributed by atoms with E-state index in [0.29, 0.717) is 6.42 Å². The summed E-state index contributed by atoms with van der Waals surface area (Å²) in [5, 5.41) is 12.8. The number of rotatable bonds is 7. The molecule has 0 aromatic heterocycles. The van der Waals surface area contributed by atoms with Gasteiger partial charge in [0, 0.05) is 10.5 Å². The molecule has 0 aromatic carbocycles. The summed E-state index contributed by atoms with van der Waals surface area (Å²) < 4.78 is 0. The SMILES string of the molecule is CNC(C)(CC(C)SC(C)C(C)O)C(N)=O. The molecule has 5 heteroatoms. The Morgan fingerprint density at radius 2 is 2.00 bits per heavy atom. The summed E-state index contributed by atoms with van der Waals surface area (Å²) in [7, 11) is 1.74. The molecule has 4 unspecified atom stereocenters. The van der Waals surface area contributed by atoms with Crippen molar-refractivity contribution in [3.8, 4) is 0 Å². The number of likely N-dealkylation sites (N-methyl/N-ethyl adjacent to an activating group) is 1. The van der Waals surface area contributed by atoms with E-state index < -0.39 is 5.54 Å². The van der Waals surface area contributed by atoms with Gasteiger partial charge in [0.25, 0.3) is 0 Å². The molecule has 96 valence electrons. The largest absolute Gasteiger partial charge is 0.392 e. The van der Waals surface area contributed by atoms with Crippen LogP contribution >= 0.6 is 11.8 Å². The molecule has 0 saturated carbocycles. The molecule has 4 nitrogen and oxygen atoms in total. The fourth-order valence-electron chi connectivity index (χ4n) is 1.43. The lowest BCUT2D eigenvalue weighted by Crippen LogP contribution is -2.52. The minimum atomic E-state index is -0.676. The van der Waals surface area contributed by atoms with Crippen LogP contribution in [-0.4, -0.2) is 40.2 Å². The number of hydrogen-bond acceptors (Lipinski definition) is 4. The maximum atomic E-state index is 11.3. The van der Waals surface area contributed by atoms with Gasteiger partial charge >= 0.3 is 0 Å². The molecular formula is C11H24N2O2S. The Kier molecular flexibility index (Phi) is 6.36. The smallest absolute Gasteiger partial charge is 0.237 e. The van der Waals surface area contributed by atoms with Gasteiger partial charge in [-0.1, -0.05) is 13.8 Å². The van der Waals surface area contributed by atoms with Crippen LogP contribution in [0.25, 0.3) is 0 Å². The highest BCUT2D eigenvalue weighted by molar-refractivity contribution is 8.00. The van der Waals surface area contributed by atoms with Gasteiger partial charge in [0.1, 0.15) is 0 Å². The minimum Gasteiger partial charge on any atom is -0.392 e. The molecule has 0 aromatic rings. The van der Waals surface area contributed by atoms with Crippen LogP contribution < -0.4 is 11.1 Å². The predicted molar refractivity (Wildman–Crippen MR) is 69.5 cm³/mol. The highest BCUT2D eigenvalue weighted by atomic mass is 32.2. The first-order valence-electron chi connectivity index (χ1n) is 5.55. The molecule has 0 spiro atoms. The van der Waals surface area contributed by atoms with Crippen molar-refractivity contribution in [1.29, 1.82) is 0 Å². The fourth-order valence-corrected chi connectivity index (χ4v) is 2.82. The number of hydrogen-bond donors (Lipinski definition) is 3. The number of aliphatic hydroxyl groups is 1. The second-order valence-corrected chi connectivity index (χ2v) is 6.36. The van der Waals surface area contributed by atoms with E-state index in [1.807, 2.05) is 13.8 Å². The zero-order valence-corrected chi connectivity index (χ0v) is 11.6. The van der Waals surface area contributed by atoms with Crippen LogP contribution in [0.15, 0.2) is 0 Å². The minimum absolute atomic E-state index is 0.156. The lowest BCUT2D eigenvalue weighted by atomic mass is 9.95. The van der Waals surface area contributed by atoms with Gasteiger partial charge in [-0.15, -0.1) is 0 Å².